The summed E-state index contributed by atoms with van der Waals surface area (Å²) in [5, 5.41) is 8.41. The third-order valence-electron chi connectivity index (χ3n) is 1.27. The summed E-state index contributed by atoms with van der Waals surface area (Å²) in [7, 11) is 0. The second-order valence-corrected chi connectivity index (χ2v) is 4.10. The highest BCUT2D eigenvalue weighted by atomic mass is 127. The first-order valence-electron chi connectivity index (χ1n) is 3.05. The van der Waals surface area contributed by atoms with Gasteiger partial charge in [-0.2, -0.15) is 5.26 Å². The van der Waals surface area contributed by atoms with Gasteiger partial charge >= 0.3 is 0 Å². The molecule has 0 spiro atoms. The van der Waals surface area contributed by atoms with Crippen LogP contribution in [0, 0.1) is 14.9 Å². The second kappa shape index (κ2) is 4.07. The van der Waals surface area contributed by atoms with Gasteiger partial charge in [-0.1, -0.05) is 6.07 Å². The molecule has 0 amide bonds. The maximum atomic E-state index is 8.41. The van der Waals surface area contributed by atoms with Crippen LogP contribution in [0.25, 0.3) is 0 Å². The summed E-state index contributed by atoms with van der Waals surface area (Å²) in [6.07, 6.45) is 0.482. The molecule has 1 aromatic rings. The largest absolute Gasteiger partial charge is 0.198 e. The van der Waals surface area contributed by atoms with Gasteiger partial charge in [-0.05, 0) is 56.2 Å². The highest BCUT2D eigenvalue weighted by molar-refractivity contribution is 14.1. The molecular weight excluding hydrogens is 317 g/mol. The average molecular weight is 322 g/mol. The third kappa shape index (κ3) is 2.46. The molecule has 0 aliphatic carbocycles. The van der Waals surface area contributed by atoms with Crippen LogP contribution in [0.1, 0.15) is 5.56 Å². The minimum absolute atomic E-state index is 0.482. The monoisotopic (exact) mass is 321 g/mol. The number of rotatable bonds is 1. The zero-order valence-electron chi connectivity index (χ0n) is 5.64. The lowest BCUT2D eigenvalue weighted by Gasteiger charge is -1.97. The van der Waals surface area contributed by atoms with Crippen molar-refractivity contribution in [3.8, 4) is 6.07 Å². The summed E-state index contributed by atoms with van der Waals surface area (Å²) in [4.78, 5) is 0. The fourth-order valence-corrected chi connectivity index (χ4v) is 1.50. The van der Waals surface area contributed by atoms with Gasteiger partial charge in [0, 0.05) is 8.04 Å². The average Bonchev–Trinajstić information content (AvgIpc) is 1.98. The predicted molar refractivity (Wildman–Crippen MR) is 56.2 cm³/mol. The van der Waals surface area contributed by atoms with E-state index >= 15 is 0 Å². The molecule has 1 aromatic carbocycles. The number of halogens is 2. The molecule has 1 rings (SSSR count). The molecule has 0 atom stereocenters. The lowest BCUT2D eigenvalue weighted by molar-refractivity contribution is 1.25. The molecule has 1 nitrogen and oxygen atoms in total. The smallest absolute Gasteiger partial charge is 0.0669 e. The van der Waals surface area contributed by atoms with Crippen molar-refractivity contribution in [2.24, 2.45) is 0 Å². The van der Waals surface area contributed by atoms with Gasteiger partial charge in [-0.3, -0.25) is 0 Å². The lowest BCUT2D eigenvalue weighted by atomic mass is 10.2. The summed E-state index contributed by atoms with van der Waals surface area (Å²) in [6, 6.07) is 8.05. The van der Waals surface area contributed by atoms with Gasteiger partial charge in [-0.25, -0.2) is 0 Å². The summed E-state index contributed by atoms with van der Waals surface area (Å²) in [5.74, 6) is 0. The zero-order chi connectivity index (χ0) is 8.27. The van der Waals surface area contributed by atoms with E-state index in [1.165, 1.54) is 3.57 Å². The van der Waals surface area contributed by atoms with Crippen molar-refractivity contribution in [3.05, 3.63) is 31.8 Å². The number of hydrogen-bond acceptors (Lipinski definition) is 1. The van der Waals surface area contributed by atoms with Crippen molar-refractivity contribution in [3.63, 3.8) is 0 Å². The molecule has 0 aliphatic rings. The maximum absolute atomic E-state index is 8.41. The van der Waals surface area contributed by atoms with E-state index in [0.717, 1.165) is 10.0 Å². The predicted octanol–water partition coefficient (Wildman–Crippen LogP) is 3.12. The van der Waals surface area contributed by atoms with Gasteiger partial charge in [0.05, 0.1) is 12.5 Å². The minimum Gasteiger partial charge on any atom is -0.198 e. The van der Waals surface area contributed by atoms with Crippen LogP contribution in [0.4, 0.5) is 0 Å². The van der Waals surface area contributed by atoms with Crippen LogP contribution in [0.2, 0.25) is 0 Å². The van der Waals surface area contributed by atoms with E-state index in [4.69, 9.17) is 5.26 Å². The summed E-state index contributed by atoms with van der Waals surface area (Å²) in [6.45, 7) is 0. The quantitative estimate of drug-likeness (QED) is 0.729. The van der Waals surface area contributed by atoms with Crippen molar-refractivity contribution < 1.29 is 0 Å². The van der Waals surface area contributed by atoms with Crippen molar-refractivity contribution in [2.75, 3.05) is 0 Å². The van der Waals surface area contributed by atoms with E-state index in [2.05, 4.69) is 44.6 Å². The fraction of sp³-hybridized carbons (Fsp3) is 0.125. The van der Waals surface area contributed by atoms with Crippen LogP contribution in [0.3, 0.4) is 0 Å². The Kier molecular flexibility index (Phi) is 3.34. The molecule has 11 heavy (non-hydrogen) atoms. The Morgan fingerprint density at radius 3 is 2.82 bits per heavy atom. The first-order chi connectivity index (χ1) is 5.24. The molecule has 56 valence electrons. The Labute approximate surface area is 87.7 Å². The van der Waals surface area contributed by atoms with Crippen LogP contribution >= 0.6 is 38.5 Å². The van der Waals surface area contributed by atoms with Crippen LogP contribution in [0.15, 0.2) is 22.7 Å². The summed E-state index contributed by atoms with van der Waals surface area (Å²) in [5.41, 5.74) is 1.06. The Morgan fingerprint density at radius 1 is 1.55 bits per heavy atom. The van der Waals surface area contributed by atoms with E-state index in [0.29, 0.717) is 6.42 Å². The van der Waals surface area contributed by atoms with Crippen molar-refractivity contribution in [1.29, 1.82) is 5.26 Å². The fourth-order valence-electron chi connectivity index (χ4n) is 0.741. The molecule has 0 N–H and O–H groups in total. The Balaban J connectivity index is 2.98. The number of hydrogen-bond donors (Lipinski definition) is 0. The van der Waals surface area contributed by atoms with E-state index in [1.807, 2.05) is 18.2 Å². The highest BCUT2D eigenvalue weighted by Gasteiger charge is 1.96. The van der Waals surface area contributed by atoms with E-state index in [1.54, 1.807) is 0 Å². The van der Waals surface area contributed by atoms with E-state index < -0.39 is 0 Å². The van der Waals surface area contributed by atoms with E-state index in [9.17, 15) is 0 Å². The number of nitrogens with zero attached hydrogens (tertiary/aromatic N) is 1. The molecule has 0 bridgehead atoms. The van der Waals surface area contributed by atoms with Crippen molar-refractivity contribution in [1.82, 2.24) is 0 Å². The summed E-state index contributed by atoms with van der Waals surface area (Å²) >= 11 is 5.64. The number of benzene rings is 1. The molecule has 0 radical (unpaired) electrons. The molecule has 0 aliphatic heterocycles. The van der Waals surface area contributed by atoms with Crippen LogP contribution in [0.5, 0.6) is 0 Å². The first kappa shape index (κ1) is 9.01. The molecule has 0 fully saturated rings. The van der Waals surface area contributed by atoms with Crippen LogP contribution in [-0.2, 0) is 6.42 Å². The Bertz CT molecular complexity index is 303. The zero-order valence-corrected chi connectivity index (χ0v) is 9.39. The van der Waals surface area contributed by atoms with Crippen LogP contribution in [-0.4, -0.2) is 0 Å². The minimum atomic E-state index is 0.482. The summed E-state index contributed by atoms with van der Waals surface area (Å²) < 4.78 is 2.23. The Morgan fingerprint density at radius 2 is 2.27 bits per heavy atom. The molecule has 0 saturated carbocycles. The molecule has 0 saturated heterocycles. The van der Waals surface area contributed by atoms with Gasteiger partial charge in [-0.15, -0.1) is 0 Å². The standard InChI is InChI=1S/C8H5BrIN/c9-7-5-6(3-4-11)1-2-8(7)10/h1-2,5H,3H2. The maximum Gasteiger partial charge on any atom is 0.0669 e. The van der Waals surface area contributed by atoms with Crippen LogP contribution < -0.4 is 0 Å². The second-order valence-electron chi connectivity index (χ2n) is 2.08. The lowest BCUT2D eigenvalue weighted by Crippen LogP contribution is -1.82. The third-order valence-corrected chi connectivity index (χ3v) is 3.61. The normalized spacial score (nSPS) is 9.18. The SMILES string of the molecule is N#CCc1ccc(I)c(Br)c1. The van der Waals surface area contributed by atoms with Gasteiger partial charge in [0.2, 0.25) is 0 Å². The van der Waals surface area contributed by atoms with E-state index in [-0.39, 0.29) is 0 Å². The Hall–Kier alpha value is -0.0800. The molecule has 3 heteroatoms. The molecule has 0 heterocycles. The topological polar surface area (TPSA) is 23.8 Å². The van der Waals surface area contributed by atoms with Crippen molar-refractivity contribution in [2.45, 2.75) is 6.42 Å². The molecular formula is C8H5BrIN. The van der Waals surface area contributed by atoms with Gasteiger partial charge in [0.25, 0.3) is 0 Å². The molecule has 0 aromatic heterocycles. The number of nitriles is 1. The molecule has 0 unspecified atom stereocenters. The van der Waals surface area contributed by atoms with Gasteiger partial charge in [0.15, 0.2) is 0 Å². The highest BCUT2D eigenvalue weighted by Crippen LogP contribution is 2.20. The van der Waals surface area contributed by atoms with Gasteiger partial charge < -0.3 is 0 Å². The van der Waals surface area contributed by atoms with Gasteiger partial charge in [0.1, 0.15) is 0 Å². The first-order valence-corrected chi connectivity index (χ1v) is 4.92. The van der Waals surface area contributed by atoms with Crippen molar-refractivity contribution >= 4 is 38.5 Å².